The summed E-state index contributed by atoms with van der Waals surface area (Å²) in [5.74, 6) is 1.94. The fourth-order valence-corrected chi connectivity index (χ4v) is 2.70. The lowest BCUT2D eigenvalue weighted by molar-refractivity contribution is 0.166. The topological polar surface area (TPSA) is 21.3 Å². The zero-order valence-electron chi connectivity index (χ0n) is 9.78. The maximum Gasteiger partial charge on any atom is 0.123 e. The van der Waals surface area contributed by atoms with Gasteiger partial charge < -0.3 is 10.1 Å². The molecule has 0 radical (unpaired) electrons. The molecule has 2 atom stereocenters. The number of rotatable bonds is 4. The van der Waals surface area contributed by atoms with E-state index in [-0.39, 0.29) is 0 Å². The maximum absolute atomic E-state index is 6.06. The minimum atomic E-state index is 0.352. The Hall–Kier alpha value is -1.02. The number of fused-ring (bicyclic) bond motifs is 1. The molecule has 3 rings (SSSR count). The summed E-state index contributed by atoms with van der Waals surface area (Å²) in [6, 6.07) is 8.98. The molecule has 1 N–H and O–H groups in total. The van der Waals surface area contributed by atoms with Crippen molar-refractivity contribution in [2.75, 3.05) is 6.54 Å². The molecule has 1 aromatic carbocycles. The molecule has 2 nitrogen and oxygen atoms in total. The van der Waals surface area contributed by atoms with E-state index in [9.17, 15) is 0 Å². The van der Waals surface area contributed by atoms with E-state index in [1.165, 1.54) is 18.4 Å². The molecule has 0 aromatic heterocycles. The second-order valence-electron chi connectivity index (χ2n) is 4.89. The van der Waals surface area contributed by atoms with Crippen LogP contribution in [0.3, 0.4) is 0 Å². The zero-order chi connectivity index (χ0) is 11.0. The average molecular weight is 217 g/mol. The first-order chi connectivity index (χ1) is 7.88. The fraction of sp³-hybridized carbons (Fsp3) is 0.571. The summed E-state index contributed by atoms with van der Waals surface area (Å²) in [7, 11) is 0. The quantitative estimate of drug-likeness (QED) is 0.836. The lowest BCUT2D eigenvalue weighted by atomic mass is 10.0. The van der Waals surface area contributed by atoms with Crippen LogP contribution in [0.4, 0.5) is 0 Å². The van der Waals surface area contributed by atoms with Crippen molar-refractivity contribution in [3.8, 4) is 5.75 Å². The molecule has 16 heavy (non-hydrogen) atoms. The standard InChI is InChI=1S/C14H19NO/c1-2-15-14(10-7-8-10)13-9-11-5-3-4-6-12(11)16-13/h3-6,10,13-15H,2,7-9H2,1H3. The summed E-state index contributed by atoms with van der Waals surface area (Å²) >= 11 is 0. The third kappa shape index (κ3) is 1.82. The highest BCUT2D eigenvalue weighted by molar-refractivity contribution is 5.37. The van der Waals surface area contributed by atoms with Gasteiger partial charge >= 0.3 is 0 Å². The summed E-state index contributed by atoms with van der Waals surface area (Å²) in [6.45, 7) is 3.22. The Kier molecular flexibility index (Phi) is 2.60. The van der Waals surface area contributed by atoms with Crippen LogP contribution in [-0.2, 0) is 6.42 Å². The molecule has 1 aromatic rings. The molecule has 1 fully saturated rings. The van der Waals surface area contributed by atoms with E-state index >= 15 is 0 Å². The molecule has 86 valence electrons. The molecule has 0 bridgehead atoms. The van der Waals surface area contributed by atoms with Gasteiger partial charge in [-0.25, -0.2) is 0 Å². The minimum absolute atomic E-state index is 0.352. The molecule has 0 spiro atoms. The highest BCUT2D eigenvalue weighted by Gasteiger charge is 2.39. The van der Waals surface area contributed by atoms with E-state index in [1.54, 1.807) is 0 Å². The number of hydrogen-bond donors (Lipinski definition) is 1. The van der Waals surface area contributed by atoms with Gasteiger partial charge in [0.1, 0.15) is 11.9 Å². The van der Waals surface area contributed by atoms with Crippen LogP contribution >= 0.6 is 0 Å². The van der Waals surface area contributed by atoms with Crippen molar-refractivity contribution in [3.63, 3.8) is 0 Å². The molecular weight excluding hydrogens is 198 g/mol. The van der Waals surface area contributed by atoms with Gasteiger partial charge in [0.25, 0.3) is 0 Å². The first-order valence-electron chi connectivity index (χ1n) is 6.36. The fourth-order valence-electron chi connectivity index (χ4n) is 2.70. The SMILES string of the molecule is CCNC(C1CC1)C1Cc2ccccc2O1. The van der Waals surface area contributed by atoms with Gasteiger partial charge in [-0.2, -0.15) is 0 Å². The Balaban J connectivity index is 1.73. The smallest absolute Gasteiger partial charge is 0.123 e. The minimum Gasteiger partial charge on any atom is -0.488 e. The second kappa shape index (κ2) is 4.10. The van der Waals surface area contributed by atoms with Crippen molar-refractivity contribution in [1.82, 2.24) is 5.32 Å². The summed E-state index contributed by atoms with van der Waals surface area (Å²) in [4.78, 5) is 0. The number of ether oxygens (including phenoxy) is 1. The van der Waals surface area contributed by atoms with E-state index in [0.717, 1.165) is 24.6 Å². The summed E-state index contributed by atoms with van der Waals surface area (Å²) in [5.41, 5.74) is 1.37. The predicted molar refractivity (Wildman–Crippen MR) is 64.8 cm³/mol. The van der Waals surface area contributed by atoms with Gasteiger partial charge in [0.2, 0.25) is 0 Å². The normalized spacial score (nSPS) is 24.9. The van der Waals surface area contributed by atoms with Crippen LogP contribution in [0.15, 0.2) is 24.3 Å². The lowest BCUT2D eigenvalue weighted by Crippen LogP contribution is -2.44. The van der Waals surface area contributed by atoms with Gasteiger partial charge in [0, 0.05) is 12.5 Å². The summed E-state index contributed by atoms with van der Waals surface area (Å²) in [6.07, 6.45) is 4.16. The number of para-hydroxylation sites is 1. The van der Waals surface area contributed by atoms with Crippen molar-refractivity contribution >= 4 is 0 Å². The van der Waals surface area contributed by atoms with Gasteiger partial charge in [-0.15, -0.1) is 0 Å². The van der Waals surface area contributed by atoms with Crippen molar-refractivity contribution < 1.29 is 4.74 Å². The van der Waals surface area contributed by atoms with E-state index in [0.29, 0.717) is 12.1 Å². The first-order valence-corrected chi connectivity index (χ1v) is 6.36. The van der Waals surface area contributed by atoms with Crippen molar-refractivity contribution in [1.29, 1.82) is 0 Å². The Morgan fingerprint density at radius 3 is 2.88 bits per heavy atom. The molecule has 0 amide bonds. The zero-order valence-corrected chi connectivity index (χ0v) is 9.78. The number of benzene rings is 1. The van der Waals surface area contributed by atoms with Crippen LogP contribution in [0.25, 0.3) is 0 Å². The van der Waals surface area contributed by atoms with Crippen LogP contribution in [0.1, 0.15) is 25.3 Å². The van der Waals surface area contributed by atoms with Gasteiger partial charge in [-0.1, -0.05) is 25.1 Å². The van der Waals surface area contributed by atoms with Crippen LogP contribution < -0.4 is 10.1 Å². The van der Waals surface area contributed by atoms with Crippen LogP contribution in [0, 0.1) is 5.92 Å². The van der Waals surface area contributed by atoms with Gasteiger partial charge in [0.15, 0.2) is 0 Å². The molecule has 2 heteroatoms. The van der Waals surface area contributed by atoms with Gasteiger partial charge in [-0.3, -0.25) is 0 Å². The molecule has 1 aliphatic heterocycles. The van der Waals surface area contributed by atoms with Crippen LogP contribution in [-0.4, -0.2) is 18.7 Å². The number of likely N-dealkylation sites (N-methyl/N-ethyl adjacent to an activating group) is 1. The third-order valence-electron chi connectivity index (χ3n) is 3.64. The Bertz CT molecular complexity index is 348. The Labute approximate surface area is 97.0 Å². The van der Waals surface area contributed by atoms with E-state index in [4.69, 9.17) is 4.74 Å². The predicted octanol–water partition coefficient (Wildman–Crippen LogP) is 2.38. The van der Waals surface area contributed by atoms with Gasteiger partial charge in [-0.05, 0) is 36.9 Å². The molecule has 1 aliphatic carbocycles. The average Bonchev–Trinajstić information content (AvgIpc) is 3.04. The summed E-state index contributed by atoms with van der Waals surface area (Å²) in [5, 5.41) is 3.60. The van der Waals surface area contributed by atoms with Crippen LogP contribution in [0.5, 0.6) is 5.75 Å². The first kappa shape index (κ1) is 10.2. The highest BCUT2D eigenvalue weighted by atomic mass is 16.5. The Morgan fingerprint density at radius 2 is 2.19 bits per heavy atom. The van der Waals surface area contributed by atoms with Crippen LogP contribution in [0.2, 0.25) is 0 Å². The van der Waals surface area contributed by atoms with E-state index < -0.39 is 0 Å². The summed E-state index contributed by atoms with van der Waals surface area (Å²) < 4.78 is 6.06. The second-order valence-corrected chi connectivity index (χ2v) is 4.89. The molecule has 0 saturated heterocycles. The molecule has 1 saturated carbocycles. The lowest BCUT2D eigenvalue weighted by Gasteiger charge is -2.23. The molecule has 1 heterocycles. The monoisotopic (exact) mass is 217 g/mol. The molecule has 2 aliphatic rings. The van der Waals surface area contributed by atoms with Gasteiger partial charge in [0.05, 0.1) is 0 Å². The van der Waals surface area contributed by atoms with Crippen molar-refractivity contribution in [2.45, 2.75) is 38.3 Å². The highest BCUT2D eigenvalue weighted by Crippen LogP contribution is 2.39. The molecular formula is C14H19NO. The van der Waals surface area contributed by atoms with Crippen molar-refractivity contribution in [2.24, 2.45) is 5.92 Å². The van der Waals surface area contributed by atoms with E-state index in [1.807, 2.05) is 0 Å². The third-order valence-corrected chi connectivity index (χ3v) is 3.64. The number of nitrogens with one attached hydrogen (secondary N) is 1. The maximum atomic E-state index is 6.06. The Morgan fingerprint density at radius 1 is 1.38 bits per heavy atom. The number of hydrogen-bond acceptors (Lipinski definition) is 2. The van der Waals surface area contributed by atoms with E-state index in [2.05, 4.69) is 36.5 Å². The molecule has 2 unspecified atom stereocenters. The largest absolute Gasteiger partial charge is 0.488 e. The van der Waals surface area contributed by atoms with Crippen molar-refractivity contribution in [3.05, 3.63) is 29.8 Å².